The van der Waals surface area contributed by atoms with Crippen LogP contribution < -0.4 is 10.1 Å². The number of methoxy groups -OCH3 is 1. The Bertz CT molecular complexity index is 586. The van der Waals surface area contributed by atoms with E-state index in [1.807, 2.05) is 30.3 Å². The lowest BCUT2D eigenvalue weighted by Crippen LogP contribution is -2.27. The van der Waals surface area contributed by atoms with Crippen molar-refractivity contribution < 1.29 is 9.13 Å². The molecule has 0 spiro atoms. The molecule has 0 aliphatic carbocycles. The second-order valence-corrected chi connectivity index (χ2v) is 5.49. The molecule has 4 heteroatoms. The van der Waals surface area contributed by atoms with Crippen molar-refractivity contribution in [2.75, 3.05) is 7.11 Å². The van der Waals surface area contributed by atoms with Gasteiger partial charge in [-0.2, -0.15) is 0 Å². The molecule has 21 heavy (non-hydrogen) atoms. The maximum Gasteiger partial charge on any atom is 0.137 e. The summed E-state index contributed by atoms with van der Waals surface area (Å²) in [5.74, 6) is 0.479. The summed E-state index contributed by atoms with van der Waals surface area (Å²) in [7, 11) is 1.60. The van der Waals surface area contributed by atoms with Crippen LogP contribution in [0.15, 0.2) is 42.5 Å². The van der Waals surface area contributed by atoms with Crippen molar-refractivity contribution in [3.63, 3.8) is 0 Å². The molecule has 0 radical (unpaired) electrons. The summed E-state index contributed by atoms with van der Waals surface area (Å²) in [5.41, 5.74) is 2.22. The zero-order valence-corrected chi connectivity index (χ0v) is 13.0. The average Bonchev–Trinajstić information content (AvgIpc) is 2.48. The molecule has 1 atom stereocenters. The monoisotopic (exact) mass is 307 g/mol. The highest BCUT2D eigenvalue weighted by Gasteiger charge is 2.05. The van der Waals surface area contributed by atoms with Crippen LogP contribution in [-0.2, 0) is 13.0 Å². The van der Waals surface area contributed by atoms with Crippen molar-refractivity contribution in [3.05, 3.63) is 64.4 Å². The highest BCUT2D eigenvalue weighted by atomic mass is 35.5. The molecule has 2 aromatic rings. The van der Waals surface area contributed by atoms with Crippen LogP contribution in [0.3, 0.4) is 0 Å². The van der Waals surface area contributed by atoms with E-state index in [4.69, 9.17) is 16.3 Å². The number of halogens is 2. The fourth-order valence-electron chi connectivity index (χ4n) is 2.16. The third kappa shape index (κ3) is 4.73. The summed E-state index contributed by atoms with van der Waals surface area (Å²) in [6.07, 6.45) is 0.851. The molecule has 0 fully saturated rings. The quantitative estimate of drug-likeness (QED) is 0.863. The Kier molecular flexibility index (Phi) is 5.59. The molecule has 0 aliphatic rings. The van der Waals surface area contributed by atoms with E-state index in [0.29, 0.717) is 10.8 Å². The van der Waals surface area contributed by atoms with Crippen molar-refractivity contribution in [1.29, 1.82) is 0 Å². The Labute approximate surface area is 129 Å². The number of benzene rings is 2. The van der Waals surface area contributed by atoms with E-state index in [9.17, 15) is 4.39 Å². The van der Waals surface area contributed by atoms with Gasteiger partial charge in [0.05, 0.1) is 12.1 Å². The van der Waals surface area contributed by atoms with Crippen LogP contribution in [0.2, 0.25) is 5.02 Å². The van der Waals surface area contributed by atoms with Gasteiger partial charge in [-0.3, -0.25) is 0 Å². The zero-order valence-electron chi connectivity index (χ0n) is 12.2. The van der Waals surface area contributed by atoms with Gasteiger partial charge in [0.15, 0.2) is 0 Å². The topological polar surface area (TPSA) is 21.3 Å². The second kappa shape index (κ2) is 7.43. The van der Waals surface area contributed by atoms with Crippen molar-refractivity contribution in [1.82, 2.24) is 5.32 Å². The van der Waals surface area contributed by atoms with Crippen molar-refractivity contribution in [2.45, 2.75) is 25.9 Å². The summed E-state index contributed by atoms with van der Waals surface area (Å²) in [6.45, 7) is 2.83. The van der Waals surface area contributed by atoms with Gasteiger partial charge in [-0.15, -0.1) is 0 Å². The Morgan fingerprint density at radius 1 is 1.14 bits per heavy atom. The third-order valence-electron chi connectivity index (χ3n) is 3.33. The molecule has 0 amide bonds. The first-order valence-corrected chi connectivity index (χ1v) is 7.26. The van der Waals surface area contributed by atoms with Crippen molar-refractivity contribution >= 4 is 11.6 Å². The molecule has 1 N–H and O–H groups in total. The van der Waals surface area contributed by atoms with E-state index >= 15 is 0 Å². The number of hydrogen-bond acceptors (Lipinski definition) is 2. The average molecular weight is 308 g/mol. The van der Waals surface area contributed by atoms with Gasteiger partial charge in [-0.05, 0) is 48.7 Å². The second-order valence-electron chi connectivity index (χ2n) is 5.08. The molecule has 0 aromatic heterocycles. The maximum absolute atomic E-state index is 12.9. The molecule has 2 aromatic carbocycles. The van der Waals surface area contributed by atoms with E-state index < -0.39 is 0 Å². The molecule has 1 unspecified atom stereocenters. The fraction of sp³-hybridized carbons (Fsp3) is 0.294. The van der Waals surface area contributed by atoms with Gasteiger partial charge < -0.3 is 10.1 Å². The van der Waals surface area contributed by atoms with Gasteiger partial charge in [0.2, 0.25) is 0 Å². The van der Waals surface area contributed by atoms with Crippen LogP contribution in [0.4, 0.5) is 4.39 Å². The molecule has 2 nitrogen and oxygen atoms in total. The molecule has 0 aliphatic heterocycles. The minimum absolute atomic E-state index is 0.202. The highest BCUT2D eigenvalue weighted by molar-refractivity contribution is 6.32. The lowest BCUT2D eigenvalue weighted by molar-refractivity contribution is 0.414. The first-order chi connectivity index (χ1) is 10.1. The Morgan fingerprint density at radius 2 is 1.81 bits per heavy atom. The summed E-state index contributed by atoms with van der Waals surface area (Å²) in [6, 6.07) is 12.7. The molecule has 0 saturated carbocycles. The maximum atomic E-state index is 12.9. The molecule has 0 saturated heterocycles. The summed E-state index contributed by atoms with van der Waals surface area (Å²) in [4.78, 5) is 0. The predicted molar refractivity (Wildman–Crippen MR) is 84.4 cm³/mol. The lowest BCUT2D eigenvalue weighted by atomic mass is 10.1. The van der Waals surface area contributed by atoms with Gasteiger partial charge in [-0.25, -0.2) is 4.39 Å². The number of rotatable bonds is 6. The first-order valence-electron chi connectivity index (χ1n) is 6.88. The van der Waals surface area contributed by atoms with Gasteiger partial charge in [-0.1, -0.05) is 29.8 Å². The summed E-state index contributed by atoms with van der Waals surface area (Å²) >= 11 is 6.10. The standard InChI is InChI=1S/C17H19ClFNO/c1-12(9-13-3-6-15(19)7-4-13)20-11-14-5-8-17(21-2)16(18)10-14/h3-8,10,12,20H,9,11H2,1-2H3. The van der Waals surface area contributed by atoms with Gasteiger partial charge in [0, 0.05) is 12.6 Å². The highest BCUT2D eigenvalue weighted by Crippen LogP contribution is 2.24. The molecule has 2 rings (SSSR count). The zero-order chi connectivity index (χ0) is 15.2. The van der Waals surface area contributed by atoms with Crippen molar-refractivity contribution in [3.8, 4) is 5.75 Å². The van der Waals surface area contributed by atoms with Crippen LogP contribution in [0.1, 0.15) is 18.1 Å². The van der Waals surface area contributed by atoms with E-state index in [2.05, 4.69) is 12.2 Å². The van der Waals surface area contributed by atoms with E-state index in [1.54, 1.807) is 7.11 Å². The van der Waals surface area contributed by atoms with Gasteiger partial charge in [0.1, 0.15) is 11.6 Å². The SMILES string of the molecule is COc1ccc(CNC(C)Cc2ccc(F)cc2)cc1Cl. The Hall–Kier alpha value is -1.58. The fourth-order valence-corrected chi connectivity index (χ4v) is 2.44. The summed E-state index contributed by atoms with van der Waals surface area (Å²) in [5, 5.41) is 4.05. The van der Waals surface area contributed by atoms with E-state index in [-0.39, 0.29) is 11.9 Å². The van der Waals surface area contributed by atoms with Crippen LogP contribution >= 0.6 is 11.6 Å². The molecular formula is C17H19ClFNO. The van der Waals surface area contributed by atoms with Crippen LogP contribution in [0, 0.1) is 5.82 Å². The molecule has 0 heterocycles. The molecule has 112 valence electrons. The van der Waals surface area contributed by atoms with Crippen molar-refractivity contribution in [2.24, 2.45) is 0 Å². The van der Waals surface area contributed by atoms with Crippen LogP contribution in [0.5, 0.6) is 5.75 Å². The number of hydrogen-bond donors (Lipinski definition) is 1. The third-order valence-corrected chi connectivity index (χ3v) is 3.62. The van der Waals surface area contributed by atoms with Crippen LogP contribution in [-0.4, -0.2) is 13.2 Å². The minimum atomic E-state index is -0.202. The summed E-state index contributed by atoms with van der Waals surface area (Å²) < 4.78 is 18.0. The lowest BCUT2D eigenvalue weighted by Gasteiger charge is -2.14. The first kappa shape index (κ1) is 15.8. The van der Waals surface area contributed by atoms with E-state index in [1.165, 1.54) is 12.1 Å². The number of nitrogens with one attached hydrogen (secondary N) is 1. The molecular weight excluding hydrogens is 289 g/mol. The largest absolute Gasteiger partial charge is 0.495 e. The van der Waals surface area contributed by atoms with Gasteiger partial charge in [0.25, 0.3) is 0 Å². The Morgan fingerprint density at radius 3 is 2.43 bits per heavy atom. The van der Waals surface area contributed by atoms with Crippen LogP contribution in [0.25, 0.3) is 0 Å². The minimum Gasteiger partial charge on any atom is -0.495 e. The molecule has 0 bridgehead atoms. The smallest absolute Gasteiger partial charge is 0.137 e. The normalized spacial score (nSPS) is 12.2. The van der Waals surface area contributed by atoms with Gasteiger partial charge >= 0.3 is 0 Å². The number of ether oxygens (including phenoxy) is 1. The van der Waals surface area contributed by atoms with E-state index in [0.717, 1.165) is 24.1 Å². The Balaban J connectivity index is 1.87. The predicted octanol–water partition coefficient (Wildman–Crippen LogP) is 4.21.